The van der Waals surface area contributed by atoms with E-state index in [1.807, 2.05) is 0 Å². The van der Waals surface area contributed by atoms with Crippen molar-refractivity contribution < 1.29 is 18.3 Å². The van der Waals surface area contributed by atoms with Gasteiger partial charge in [-0.25, -0.2) is 13.8 Å². The summed E-state index contributed by atoms with van der Waals surface area (Å²) in [7, 11) is 1.70. The topological polar surface area (TPSA) is 71.0 Å². The van der Waals surface area contributed by atoms with Crippen LogP contribution in [0.15, 0.2) is 23.3 Å². The van der Waals surface area contributed by atoms with Gasteiger partial charge in [-0.2, -0.15) is 0 Å². The summed E-state index contributed by atoms with van der Waals surface area (Å²) in [4.78, 5) is 10.4. The Kier molecular flexibility index (Phi) is 11.4. The normalized spacial score (nSPS) is 15.5. The molecular weight excluding hydrogens is 459 g/mol. The van der Waals surface area contributed by atoms with Gasteiger partial charge in [0.25, 0.3) is 6.43 Å². The van der Waals surface area contributed by atoms with Crippen LogP contribution in [-0.2, 0) is 11.3 Å². The average molecular weight is 485 g/mol. The highest BCUT2D eigenvalue weighted by Gasteiger charge is 2.10. The molecule has 148 valence electrons. The second-order valence-electron chi connectivity index (χ2n) is 5.51. The Labute approximate surface area is 169 Å². The van der Waals surface area contributed by atoms with Crippen LogP contribution in [0.2, 0.25) is 0 Å². The second-order valence-corrected chi connectivity index (χ2v) is 5.51. The van der Waals surface area contributed by atoms with E-state index < -0.39 is 13.0 Å². The van der Waals surface area contributed by atoms with Crippen molar-refractivity contribution in [1.82, 2.24) is 20.5 Å². The van der Waals surface area contributed by atoms with Crippen LogP contribution in [0.5, 0.6) is 5.88 Å². The first-order valence-electron chi connectivity index (χ1n) is 8.28. The van der Waals surface area contributed by atoms with Gasteiger partial charge in [0.15, 0.2) is 12.6 Å². The van der Waals surface area contributed by atoms with Gasteiger partial charge in [0.2, 0.25) is 5.88 Å². The second kappa shape index (κ2) is 13.0. The van der Waals surface area contributed by atoms with E-state index in [4.69, 9.17) is 9.47 Å². The molecule has 0 atom stereocenters. The zero-order chi connectivity index (χ0) is 17.9. The standard InChI is InChI=1S/C16H25F2N5O2.HI/c1-19-16(21-4-5-23-6-8-24-9-7-23)22-11-13-2-3-20-15(10-13)25-12-14(17)18;/h2-3,10,14H,4-9,11-12H2,1H3,(H2,19,21,22);1H. The predicted octanol–water partition coefficient (Wildman–Crippen LogP) is 1.34. The summed E-state index contributed by atoms with van der Waals surface area (Å²) in [6, 6.07) is 3.43. The largest absolute Gasteiger partial charge is 0.472 e. The fourth-order valence-corrected chi connectivity index (χ4v) is 2.35. The summed E-state index contributed by atoms with van der Waals surface area (Å²) in [6.45, 7) is 5.00. The van der Waals surface area contributed by atoms with Gasteiger partial charge in [-0.15, -0.1) is 24.0 Å². The monoisotopic (exact) mass is 485 g/mol. The Morgan fingerprint density at radius 3 is 2.85 bits per heavy atom. The highest BCUT2D eigenvalue weighted by atomic mass is 127. The van der Waals surface area contributed by atoms with Gasteiger partial charge >= 0.3 is 0 Å². The third-order valence-corrected chi connectivity index (χ3v) is 3.66. The molecule has 1 aliphatic rings. The molecule has 7 nitrogen and oxygen atoms in total. The minimum Gasteiger partial charge on any atom is -0.472 e. The molecule has 1 aromatic heterocycles. The van der Waals surface area contributed by atoms with Crippen LogP contribution in [-0.4, -0.2) is 75.3 Å². The number of guanidine groups is 1. The molecule has 1 saturated heterocycles. The van der Waals surface area contributed by atoms with Crippen LogP contribution in [0.4, 0.5) is 8.78 Å². The molecule has 0 spiro atoms. The van der Waals surface area contributed by atoms with E-state index in [1.54, 1.807) is 19.2 Å². The van der Waals surface area contributed by atoms with E-state index in [0.717, 1.165) is 45.0 Å². The number of halogens is 3. The van der Waals surface area contributed by atoms with Gasteiger partial charge in [-0.1, -0.05) is 0 Å². The molecular formula is C16H26F2IN5O2. The van der Waals surface area contributed by atoms with E-state index in [-0.39, 0.29) is 29.9 Å². The lowest BCUT2D eigenvalue weighted by Crippen LogP contribution is -2.44. The summed E-state index contributed by atoms with van der Waals surface area (Å²) < 4.78 is 34.6. The van der Waals surface area contributed by atoms with Crippen LogP contribution >= 0.6 is 24.0 Å². The smallest absolute Gasteiger partial charge is 0.272 e. The molecule has 0 aromatic carbocycles. The number of nitrogens with zero attached hydrogens (tertiary/aromatic N) is 3. The van der Waals surface area contributed by atoms with Crippen LogP contribution in [0, 0.1) is 0 Å². The number of hydrogen-bond acceptors (Lipinski definition) is 5. The summed E-state index contributed by atoms with van der Waals surface area (Å²) in [5, 5.41) is 6.43. The highest BCUT2D eigenvalue weighted by Crippen LogP contribution is 2.10. The van der Waals surface area contributed by atoms with Crippen molar-refractivity contribution in [2.45, 2.75) is 13.0 Å². The number of rotatable bonds is 8. The fourth-order valence-electron chi connectivity index (χ4n) is 2.35. The number of alkyl halides is 2. The number of morpholine rings is 1. The Bertz CT molecular complexity index is 545. The predicted molar refractivity (Wildman–Crippen MR) is 107 cm³/mol. The van der Waals surface area contributed by atoms with Crippen molar-refractivity contribution in [3.05, 3.63) is 23.9 Å². The third-order valence-electron chi connectivity index (χ3n) is 3.66. The third kappa shape index (κ3) is 8.90. The summed E-state index contributed by atoms with van der Waals surface area (Å²) in [5.74, 6) is 0.870. The molecule has 2 N–H and O–H groups in total. The number of hydrogen-bond donors (Lipinski definition) is 2. The van der Waals surface area contributed by atoms with Crippen molar-refractivity contribution in [2.75, 3.05) is 53.0 Å². The SMILES string of the molecule is CN=C(NCCN1CCOCC1)NCc1ccnc(OCC(F)F)c1.I. The zero-order valence-electron chi connectivity index (χ0n) is 14.8. The zero-order valence-corrected chi connectivity index (χ0v) is 17.1. The summed E-state index contributed by atoms with van der Waals surface area (Å²) in [6.07, 6.45) is -0.982. The molecule has 0 radical (unpaired) electrons. The minimum atomic E-state index is -2.52. The fraction of sp³-hybridized carbons (Fsp3) is 0.625. The molecule has 2 heterocycles. The molecule has 26 heavy (non-hydrogen) atoms. The van der Waals surface area contributed by atoms with Crippen molar-refractivity contribution in [3.8, 4) is 5.88 Å². The molecule has 1 fully saturated rings. The molecule has 10 heteroatoms. The van der Waals surface area contributed by atoms with E-state index >= 15 is 0 Å². The molecule has 2 rings (SSSR count). The highest BCUT2D eigenvalue weighted by molar-refractivity contribution is 14.0. The Morgan fingerprint density at radius 2 is 2.15 bits per heavy atom. The maximum atomic E-state index is 12.2. The van der Waals surface area contributed by atoms with Gasteiger partial charge in [0.1, 0.15) is 0 Å². The number of ether oxygens (including phenoxy) is 2. The van der Waals surface area contributed by atoms with E-state index in [9.17, 15) is 8.78 Å². The molecule has 0 saturated carbocycles. The van der Waals surface area contributed by atoms with Crippen molar-refractivity contribution in [1.29, 1.82) is 0 Å². The first-order chi connectivity index (χ1) is 12.2. The summed E-state index contributed by atoms with van der Waals surface area (Å²) >= 11 is 0. The maximum Gasteiger partial charge on any atom is 0.272 e. The van der Waals surface area contributed by atoms with Gasteiger partial charge in [0.05, 0.1) is 13.2 Å². The van der Waals surface area contributed by atoms with Gasteiger partial charge < -0.3 is 20.1 Å². The molecule has 0 unspecified atom stereocenters. The van der Waals surface area contributed by atoms with Crippen LogP contribution in [0.1, 0.15) is 5.56 Å². The van der Waals surface area contributed by atoms with Crippen LogP contribution < -0.4 is 15.4 Å². The number of aromatic nitrogens is 1. The molecule has 0 aliphatic carbocycles. The molecule has 1 aromatic rings. The minimum absolute atomic E-state index is 0. The van der Waals surface area contributed by atoms with E-state index in [1.165, 1.54) is 6.20 Å². The first-order valence-corrected chi connectivity index (χ1v) is 8.28. The summed E-state index contributed by atoms with van der Waals surface area (Å²) in [5.41, 5.74) is 0.871. The molecule has 1 aliphatic heterocycles. The van der Waals surface area contributed by atoms with E-state index in [2.05, 4.69) is 25.5 Å². The van der Waals surface area contributed by atoms with Gasteiger partial charge in [-0.3, -0.25) is 9.89 Å². The maximum absolute atomic E-state index is 12.2. The van der Waals surface area contributed by atoms with Gasteiger partial charge in [-0.05, 0) is 11.6 Å². The lowest BCUT2D eigenvalue weighted by molar-refractivity contribution is 0.0389. The van der Waals surface area contributed by atoms with E-state index in [0.29, 0.717) is 12.5 Å². The van der Waals surface area contributed by atoms with Crippen molar-refractivity contribution in [3.63, 3.8) is 0 Å². The van der Waals surface area contributed by atoms with Crippen LogP contribution in [0.25, 0.3) is 0 Å². The van der Waals surface area contributed by atoms with Crippen molar-refractivity contribution >= 4 is 29.9 Å². The first kappa shape index (κ1) is 22.8. The van der Waals surface area contributed by atoms with Gasteiger partial charge in [0, 0.05) is 52.0 Å². The Morgan fingerprint density at radius 1 is 1.38 bits per heavy atom. The average Bonchev–Trinajstić information content (AvgIpc) is 2.64. The Balaban J connectivity index is 0.00000338. The molecule has 0 bridgehead atoms. The quantitative estimate of drug-likeness (QED) is 0.329. The lowest BCUT2D eigenvalue weighted by Gasteiger charge is -2.26. The Hall–Kier alpha value is -1.27. The lowest BCUT2D eigenvalue weighted by atomic mass is 10.2. The number of nitrogens with one attached hydrogen (secondary N) is 2. The number of pyridine rings is 1. The van der Waals surface area contributed by atoms with Crippen molar-refractivity contribution in [2.24, 2.45) is 4.99 Å². The van der Waals surface area contributed by atoms with Crippen LogP contribution in [0.3, 0.4) is 0 Å². The molecule has 0 amide bonds. The number of aliphatic imine (C=N–C) groups is 1.